The van der Waals surface area contributed by atoms with Gasteiger partial charge in [-0.3, -0.25) is 0 Å². The average molecular weight is 325 g/mol. The van der Waals surface area contributed by atoms with Crippen LogP contribution in [0, 0.1) is 0 Å². The maximum absolute atomic E-state index is 12.5. The monoisotopic (exact) mass is 325 g/mol. The van der Waals surface area contributed by atoms with Crippen LogP contribution in [0.25, 0.3) is 0 Å². The van der Waals surface area contributed by atoms with Crippen LogP contribution in [0.5, 0.6) is 0 Å². The summed E-state index contributed by atoms with van der Waals surface area (Å²) in [4.78, 5) is 3.77. The van der Waals surface area contributed by atoms with Crippen LogP contribution < -0.4 is 5.32 Å². The fraction of sp³-hybridized carbons (Fsp3) is 0.583. The van der Waals surface area contributed by atoms with Gasteiger partial charge in [-0.15, -0.1) is 0 Å². The van der Waals surface area contributed by atoms with Gasteiger partial charge in [0.25, 0.3) is 10.0 Å². The molecule has 0 saturated heterocycles. The molecule has 120 valence electrons. The molecule has 0 aromatic carbocycles. The molecule has 0 amide bonds. The van der Waals surface area contributed by atoms with Crippen LogP contribution in [-0.2, 0) is 16.6 Å². The Kier molecular flexibility index (Phi) is 6.11. The second-order valence-corrected chi connectivity index (χ2v) is 6.37. The number of pyridine rings is 1. The normalized spacial score (nSPS) is 12.9. The summed E-state index contributed by atoms with van der Waals surface area (Å²) in [6.07, 6.45) is -2.97. The van der Waals surface area contributed by atoms with Crippen molar-refractivity contribution in [2.75, 3.05) is 20.1 Å². The Balaban J connectivity index is 3.04. The van der Waals surface area contributed by atoms with E-state index in [1.54, 1.807) is 14.0 Å². The van der Waals surface area contributed by atoms with Crippen molar-refractivity contribution < 1.29 is 21.6 Å². The summed E-state index contributed by atoms with van der Waals surface area (Å²) in [7, 11) is -2.53. The third-order valence-electron chi connectivity index (χ3n) is 2.61. The zero-order valence-corrected chi connectivity index (χ0v) is 12.6. The minimum absolute atomic E-state index is 0.207. The number of halogens is 3. The Bertz CT molecular complexity index is 544. The van der Waals surface area contributed by atoms with E-state index in [0.717, 1.165) is 5.56 Å². The summed E-state index contributed by atoms with van der Waals surface area (Å²) in [6, 6.07) is 2.75. The van der Waals surface area contributed by atoms with Crippen LogP contribution in [0.3, 0.4) is 0 Å². The molecule has 5 nitrogen and oxygen atoms in total. The highest BCUT2D eigenvalue weighted by atomic mass is 32.2. The maximum atomic E-state index is 12.5. The van der Waals surface area contributed by atoms with Gasteiger partial charge in [0.1, 0.15) is 6.54 Å². The zero-order chi connectivity index (χ0) is 16.1. The molecule has 1 aromatic heterocycles. The summed E-state index contributed by atoms with van der Waals surface area (Å²) >= 11 is 0. The van der Waals surface area contributed by atoms with Crippen LogP contribution in [0.1, 0.15) is 18.9 Å². The molecule has 0 atom stereocenters. The smallest absolute Gasteiger partial charge is 0.316 e. The van der Waals surface area contributed by atoms with E-state index in [4.69, 9.17) is 0 Å². The molecule has 0 saturated carbocycles. The Morgan fingerprint density at radius 1 is 1.33 bits per heavy atom. The highest BCUT2D eigenvalue weighted by Gasteiger charge is 2.37. The molecule has 0 aliphatic heterocycles. The van der Waals surface area contributed by atoms with E-state index in [2.05, 4.69) is 10.3 Å². The number of hydrogen-bond acceptors (Lipinski definition) is 4. The predicted octanol–water partition coefficient (Wildman–Crippen LogP) is 1.76. The highest BCUT2D eigenvalue weighted by Crippen LogP contribution is 2.22. The molecule has 0 fully saturated rings. The number of nitrogens with zero attached hydrogens (tertiary/aromatic N) is 2. The fourth-order valence-corrected chi connectivity index (χ4v) is 3.17. The number of rotatable bonds is 7. The lowest BCUT2D eigenvalue weighted by Gasteiger charge is -2.22. The van der Waals surface area contributed by atoms with Crippen LogP contribution in [0.4, 0.5) is 13.2 Å². The zero-order valence-electron chi connectivity index (χ0n) is 11.8. The third-order valence-corrected chi connectivity index (χ3v) is 4.37. The summed E-state index contributed by atoms with van der Waals surface area (Å²) in [6.45, 7) is 0.391. The van der Waals surface area contributed by atoms with E-state index < -0.39 is 22.7 Å². The number of aromatic nitrogens is 1. The van der Waals surface area contributed by atoms with E-state index in [0.29, 0.717) is 10.8 Å². The molecule has 0 aliphatic carbocycles. The van der Waals surface area contributed by atoms with E-state index >= 15 is 0 Å². The predicted molar refractivity (Wildman–Crippen MR) is 72.1 cm³/mol. The first-order valence-corrected chi connectivity index (χ1v) is 7.81. The Morgan fingerprint density at radius 2 is 2.00 bits per heavy atom. The standard InChI is InChI=1S/C12H18F3N3O2S/c1-3-6-18(9-12(13,14)15)21(19,20)11-5-4-10(7-16-2)8-17-11/h4-5,8,16H,3,6-7,9H2,1-2H3. The van der Waals surface area contributed by atoms with Gasteiger partial charge in [-0.2, -0.15) is 17.5 Å². The first-order chi connectivity index (χ1) is 9.70. The number of alkyl halides is 3. The second-order valence-electron chi connectivity index (χ2n) is 4.49. The van der Waals surface area contributed by atoms with E-state index in [-0.39, 0.29) is 18.0 Å². The van der Waals surface area contributed by atoms with Crippen molar-refractivity contribution in [3.8, 4) is 0 Å². The lowest BCUT2D eigenvalue weighted by Crippen LogP contribution is -2.39. The molecule has 1 heterocycles. The largest absolute Gasteiger partial charge is 0.402 e. The molecular weight excluding hydrogens is 307 g/mol. The summed E-state index contributed by atoms with van der Waals surface area (Å²) in [5, 5.41) is 2.49. The van der Waals surface area contributed by atoms with Gasteiger partial charge >= 0.3 is 6.18 Å². The van der Waals surface area contributed by atoms with Crippen molar-refractivity contribution in [3.63, 3.8) is 0 Å². The number of nitrogens with one attached hydrogen (secondary N) is 1. The van der Waals surface area contributed by atoms with Crippen molar-refractivity contribution in [2.24, 2.45) is 0 Å². The van der Waals surface area contributed by atoms with E-state index in [1.807, 2.05) is 0 Å². The topological polar surface area (TPSA) is 62.3 Å². The number of hydrogen-bond donors (Lipinski definition) is 1. The maximum Gasteiger partial charge on any atom is 0.402 e. The molecule has 1 N–H and O–H groups in total. The quantitative estimate of drug-likeness (QED) is 0.830. The molecule has 21 heavy (non-hydrogen) atoms. The van der Waals surface area contributed by atoms with Crippen molar-refractivity contribution in [2.45, 2.75) is 31.1 Å². The molecule has 0 aliphatic rings. The average Bonchev–Trinajstić information content (AvgIpc) is 2.38. The Morgan fingerprint density at radius 3 is 2.43 bits per heavy atom. The molecule has 0 spiro atoms. The molecule has 9 heteroatoms. The van der Waals surface area contributed by atoms with Gasteiger partial charge in [-0.1, -0.05) is 13.0 Å². The first-order valence-electron chi connectivity index (χ1n) is 6.37. The Labute approximate surface area is 122 Å². The van der Waals surface area contributed by atoms with Gasteiger partial charge in [-0.25, -0.2) is 13.4 Å². The van der Waals surface area contributed by atoms with Gasteiger partial charge in [0, 0.05) is 19.3 Å². The molecule has 0 bridgehead atoms. The van der Waals surface area contributed by atoms with Crippen LogP contribution >= 0.6 is 0 Å². The molecule has 1 rings (SSSR count). The summed E-state index contributed by atoms with van der Waals surface area (Å²) in [5.74, 6) is 0. The van der Waals surface area contributed by atoms with Crippen molar-refractivity contribution in [1.82, 2.24) is 14.6 Å². The van der Waals surface area contributed by atoms with Crippen molar-refractivity contribution in [3.05, 3.63) is 23.9 Å². The number of sulfonamides is 1. The molecular formula is C12H18F3N3O2S. The van der Waals surface area contributed by atoms with Gasteiger partial charge in [-0.05, 0) is 25.1 Å². The van der Waals surface area contributed by atoms with Crippen LogP contribution in [0.2, 0.25) is 0 Å². The van der Waals surface area contributed by atoms with Gasteiger partial charge in [0.2, 0.25) is 0 Å². The lowest BCUT2D eigenvalue weighted by molar-refractivity contribution is -0.136. The minimum atomic E-state index is -4.59. The molecule has 0 radical (unpaired) electrons. The van der Waals surface area contributed by atoms with Gasteiger partial charge < -0.3 is 5.32 Å². The fourth-order valence-electron chi connectivity index (χ4n) is 1.74. The van der Waals surface area contributed by atoms with E-state index in [1.165, 1.54) is 18.3 Å². The van der Waals surface area contributed by atoms with Gasteiger partial charge in [0.15, 0.2) is 5.03 Å². The van der Waals surface area contributed by atoms with Crippen molar-refractivity contribution >= 4 is 10.0 Å². The van der Waals surface area contributed by atoms with Crippen LogP contribution in [-0.4, -0.2) is 44.0 Å². The third kappa shape index (κ3) is 5.25. The first kappa shape index (κ1) is 17.9. The minimum Gasteiger partial charge on any atom is -0.316 e. The van der Waals surface area contributed by atoms with Crippen molar-refractivity contribution in [1.29, 1.82) is 0 Å². The van der Waals surface area contributed by atoms with Crippen LogP contribution in [0.15, 0.2) is 23.4 Å². The summed E-state index contributed by atoms with van der Waals surface area (Å²) < 4.78 is 62.4. The molecule has 1 aromatic rings. The molecule has 0 unspecified atom stereocenters. The van der Waals surface area contributed by atoms with Gasteiger partial charge in [0.05, 0.1) is 0 Å². The van der Waals surface area contributed by atoms with E-state index in [9.17, 15) is 21.6 Å². The lowest BCUT2D eigenvalue weighted by atomic mass is 10.3. The summed E-state index contributed by atoms with van der Waals surface area (Å²) in [5.41, 5.74) is 0.745. The highest BCUT2D eigenvalue weighted by molar-refractivity contribution is 7.89. The second kappa shape index (κ2) is 7.19. The Hall–Kier alpha value is -1.19. The SMILES string of the molecule is CCCN(CC(F)(F)F)S(=O)(=O)c1ccc(CNC)cn1.